The van der Waals surface area contributed by atoms with Gasteiger partial charge in [-0.2, -0.15) is 0 Å². The van der Waals surface area contributed by atoms with Gasteiger partial charge < -0.3 is 16.2 Å². The molecule has 4 N–H and O–H groups in total. The summed E-state index contributed by atoms with van der Waals surface area (Å²) >= 11 is 0. The highest BCUT2D eigenvalue weighted by molar-refractivity contribution is 5.18. The van der Waals surface area contributed by atoms with E-state index in [4.69, 9.17) is 10.8 Å². The summed E-state index contributed by atoms with van der Waals surface area (Å²) in [6.07, 6.45) is 1.86. The number of benzene rings is 1. The van der Waals surface area contributed by atoms with Crippen molar-refractivity contribution >= 4 is 0 Å². The van der Waals surface area contributed by atoms with Gasteiger partial charge in [0.15, 0.2) is 0 Å². The van der Waals surface area contributed by atoms with Gasteiger partial charge in [0, 0.05) is 18.6 Å². The van der Waals surface area contributed by atoms with E-state index < -0.39 is 0 Å². The van der Waals surface area contributed by atoms with Gasteiger partial charge in [-0.15, -0.1) is 0 Å². The van der Waals surface area contributed by atoms with Crippen LogP contribution in [0.2, 0.25) is 0 Å². The molecule has 1 aromatic carbocycles. The predicted octanol–water partition coefficient (Wildman–Crippen LogP) is 0.919. The molecule has 0 aliphatic heterocycles. The molecule has 0 spiro atoms. The molecule has 0 saturated heterocycles. The second-order valence-electron chi connectivity index (χ2n) is 4.15. The SMILES string of the molecule is CCC(CN)(Cc1ccccc1)NCCO. The standard InChI is InChI=1S/C13H22N2O/c1-2-13(11-14,15-8-9-16)10-12-6-4-3-5-7-12/h3-7,15-16H,2,8-11,14H2,1H3. The number of β-amino-alcohol motifs (C(OH)–C–C–N with tert-alkyl or cyclic N) is 1. The molecule has 0 fully saturated rings. The average molecular weight is 222 g/mol. The van der Waals surface area contributed by atoms with Crippen LogP contribution < -0.4 is 11.1 Å². The van der Waals surface area contributed by atoms with Gasteiger partial charge in [-0.3, -0.25) is 0 Å². The van der Waals surface area contributed by atoms with Crippen molar-refractivity contribution in [3.05, 3.63) is 35.9 Å². The lowest BCUT2D eigenvalue weighted by Crippen LogP contribution is -2.53. The van der Waals surface area contributed by atoms with E-state index in [1.165, 1.54) is 5.56 Å². The lowest BCUT2D eigenvalue weighted by atomic mass is 9.88. The molecule has 1 rings (SSSR count). The fourth-order valence-electron chi connectivity index (χ4n) is 1.91. The van der Waals surface area contributed by atoms with Crippen molar-refractivity contribution in [2.45, 2.75) is 25.3 Å². The zero-order valence-electron chi connectivity index (χ0n) is 9.95. The Labute approximate surface area is 97.7 Å². The maximum absolute atomic E-state index is 8.88. The molecule has 0 saturated carbocycles. The van der Waals surface area contributed by atoms with E-state index in [2.05, 4.69) is 24.4 Å². The third-order valence-electron chi connectivity index (χ3n) is 3.06. The van der Waals surface area contributed by atoms with Crippen molar-refractivity contribution in [1.29, 1.82) is 0 Å². The minimum atomic E-state index is -0.0932. The van der Waals surface area contributed by atoms with Crippen molar-refractivity contribution in [1.82, 2.24) is 5.32 Å². The quantitative estimate of drug-likeness (QED) is 0.643. The van der Waals surface area contributed by atoms with Gasteiger partial charge in [0.1, 0.15) is 0 Å². The van der Waals surface area contributed by atoms with Crippen LogP contribution in [0, 0.1) is 0 Å². The molecule has 1 unspecified atom stereocenters. The van der Waals surface area contributed by atoms with Crippen molar-refractivity contribution < 1.29 is 5.11 Å². The number of aliphatic hydroxyl groups excluding tert-OH is 1. The number of hydrogen-bond donors (Lipinski definition) is 3. The molecule has 1 atom stereocenters. The first-order valence-corrected chi connectivity index (χ1v) is 5.86. The molecule has 0 aliphatic rings. The normalized spacial score (nSPS) is 14.7. The largest absolute Gasteiger partial charge is 0.395 e. The Bertz CT molecular complexity index is 283. The summed E-state index contributed by atoms with van der Waals surface area (Å²) in [7, 11) is 0. The van der Waals surface area contributed by atoms with Gasteiger partial charge in [-0.1, -0.05) is 37.3 Å². The van der Waals surface area contributed by atoms with E-state index in [-0.39, 0.29) is 12.1 Å². The molecule has 0 radical (unpaired) electrons. The van der Waals surface area contributed by atoms with E-state index in [1.807, 2.05) is 18.2 Å². The highest BCUT2D eigenvalue weighted by Gasteiger charge is 2.25. The molecular weight excluding hydrogens is 200 g/mol. The number of aliphatic hydroxyl groups is 1. The number of rotatable bonds is 7. The van der Waals surface area contributed by atoms with Gasteiger partial charge in [0.05, 0.1) is 6.61 Å². The zero-order chi connectivity index (χ0) is 11.9. The third-order valence-corrected chi connectivity index (χ3v) is 3.06. The highest BCUT2D eigenvalue weighted by atomic mass is 16.3. The lowest BCUT2D eigenvalue weighted by Gasteiger charge is -2.33. The minimum Gasteiger partial charge on any atom is -0.395 e. The first kappa shape index (κ1) is 13.2. The smallest absolute Gasteiger partial charge is 0.0556 e. The van der Waals surface area contributed by atoms with Crippen LogP contribution >= 0.6 is 0 Å². The molecule has 0 amide bonds. The van der Waals surface area contributed by atoms with Crippen LogP contribution in [-0.2, 0) is 6.42 Å². The number of hydrogen-bond acceptors (Lipinski definition) is 3. The summed E-state index contributed by atoms with van der Waals surface area (Å²) in [5.74, 6) is 0. The van der Waals surface area contributed by atoms with E-state index in [9.17, 15) is 0 Å². The second kappa shape index (κ2) is 6.63. The summed E-state index contributed by atoms with van der Waals surface area (Å²) < 4.78 is 0. The molecule has 0 bridgehead atoms. The lowest BCUT2D eigenvalue weighted by molar-refractivity contribution is 0.247. The van der Waals surface area contributed by atoms with Crippen LogP contribution in [0.25, 0.3) is 0 Å². The van der Waals surface area contributed by atoms with Crippen molar-refractivity contribution in [3.8, 4) is 0 Å². The topological polar surface area (TPSA) is 58.3 Å². The second-order valence-corrected chi connectivity index (χ2v) is 4.15. The molecule has 16 heavy (non-hydrogen) atoms. The third kappa shape index (κ3) is 3.59. The van der Waals surface area contributed by atoms with Gasteiger partial charge in [-0.05, 0) is 18.4 Å². The summed E-state index contributed by atoms with van der Waals surface area (Å²) in [5.41, 5.74) is 7.05. The maximum Gasteiger partial charge on any atom is 0.0556 e. The van der Waals surface area contributed by atoms with Crippen molar-refractivity contribution in [2.24, 2.45) is 5.73 Å². The number of nitrogens with one attached hydrogen (secondary N) is 1. The maximum atomic E-state index is 8.88. The van der Waals surface area contributed by atoms with Crippen LogP contribution in [0.5, 0.6) is 0 Å². The predicted molar refractivity (Wildman–Crippen MR) is 67.3 cm³/mol. The fraction of sp³-hybridized carbons (Fsp3) is 0.538. The first-order valence-electron chi connectivity index (χ1n) is 5.86. The van der Waals surface area contributed by atoms with Gasteiger partial charge in [0.25, 0.3) is 0 Å². The Hall–Kier alpha value is -0.900. The Morgan fingerprint density at radius 1 is 1.31 bits per heavy atom. The summed E-state index contributed by atoms with van der Waals surface area (Å²) in [5, 5.41) is 12.2. The van der Waals surface area contributed by atoms with E-state index >= 15 is 0 Å². The monoisotopic (exact) mass is 222 g/mol. The van der Waals surface area contributed by atoms with Gasteiger partial charge in [-0.25, -0.2) is 0 Å². The van der Waals surface area contributed by atoms with Gasteiger partial charge >= 0.3 is 0 Å². The molecule has 0 aromatic heterocycles. The first-order chi connectivity index (χ1) is 7.76. The molecule has 1 aromatic rings. The Morgan fingerprint density at radius 2 is 2.00 bits per heavy atom. The van der Waals surface area contributed by atoms with Crippen LogP contribution in [0.15, 0.2) is 30.3 Å². The molecule has 3 nitrogen and oxygen atoms in total. The van der Waals surface area contributed by atoms with Crippen molar-refractivity contribution in [3.63, 3.8) is 0 Å². The Balaban J connectivity index is 2.70. The highest BCUT2D eigenvalue weighted by Crippen LogP contribution is 2.16. The fourth-order valence-corrected chi connectivity index (χ4v) is 1.91. The Morgan fingerprint density at radius 3 is 2.50 bits per heavy atom. The summed E-state index contributed by atoms with van der Waals surface area (Å²) in [4.78, 5) is 0. The van der Waals surface area contributed by atoms with E-state index in [0.717, 1.165) is 12.8 Å². The van der Waals surface area contributed by atoms with Gasteiger partial charge in [0.2, 0.25) is 0 Å². The van der Waals surface area contributed by atoms with E-state index in [1.54, 1.807) is 0 Å². The van der Waals surface area contributed by atoms with Crippen LogP contribution in [0.3, 0.4) is 0 Å². The molecule has 0 heterocycles. The minimum absolute atomic E-state index is 0.0932. The Kier molecular flexibility index (Phi) is 5.46. The number of nitrogens with two attached hydrogens (primary N) is 1. The van der Waals surface area contributed by atoms with Crippen LogP contribution in [-0.4, -0.2) is 30.3 Å². The summed E-state index contributed by atoms with van der Waals surface area (Å²) in [6, 6.07) is 10.3. The molecular formula is C13H22N2O. The zero-order valence-corrected chi connectivity index (χ0v) is 9.95. The molecule has 0 aliphatic carbocycles. The molecule has 3 heteroatoms. The van der Waals surface area contributed by atoms with Crippen LogP contribution in [0.1, 0.15) is 18.9 Å². The average Bonchev–Trinajstić information content (AvgIpc) is 2.36. The van der Waals surface area contributed by atoms with Crippen molar-refractivity contribution in [2.75, 3.05) is 19.7 Å². The van der Waals surface area contributed by atoms with E-state index in [0.29, 0.717) is 13.1 Å². The molecule has 90 valence electrons. The van der Waals surface area contributed by atoms with Crippen LogP contribution in [0.4, 0.5) is 0 Å². The summed E-state index contributed by atoms with van der Waals surface area (Å²) in [6.45, 7) is 3.45.